The monoisotopic (exact) mass is 484 g/mol. The Morgan fingerprint density at radius 1 is 0.972 bits per heavy atom. The van der Waals surface area contributed by atoms with Gasteiger partial charge in [0.1, 0.15) is 5.82 Å². The summed E-state index contributed by atoms with van der Waals surface area (Å²) < 4.78 is 15.9. The molecule has 0 saturated heterocycles. The molecule has 0 unspecified atom stereocenters. The Bertz CT molecular complexity index is 1660. The number of fused-ring (bicyclic) bond motifs is 2. The Kier molecular flexibility index (Phi) is 4.78. The van der Waals surface area contributed by atoms with Crippen LogP contribution in [0, 0.1) is 11.7 Å². The van der Waals surface area contributed by atoms with Gasteiger partial charge in [0, 0.05) is 30.1 Å². The molecule has 10 heteroatoms. The Labute approximate surface area is 202 Å². The number of amides is 3. The Morgan fingerprint density at radius 2 is 1.64 bits per heavy atom. The lowest BCUT2D eigenvalue weighted by molar-refractivity contribution is 0.0563. The van der Waals surface area contributed by atoms with Gasteiger partial charge in [0.15, 0.2) is 0 Å². The van der Waals surface area contributed by atoms with Crippen molar-refractivity contribution in [3.05, 3.63) is 99.0 Å². The van der Waals surface area contributed by atoms with Gasteiger partial charge in [-0.05, 0) is 36.6 Å². The van der Waals surface area contributed by atoms with E-state index in [-0.39, 0.29) is 34.9 Å². The zero-order chi connectivity index (χ0) is 25.1. The molecule has 36 heavy (non-hydrogen) atoms. The van der Waals surface area contributed by atoms with Crippen molar-refractivity contribution < 1.29 is 23.6 Å². The highest BCUT2D eigenvalue weighted by Gasteiger charge is 2.43. The van der Waals surface area contributed by atoms with Gasteiger partial charge in [-0.3, -0.25) is 28.5 Å². The van der Waals surface area contributed by atoms with Gasteiger partial charge in [0.05, 0.1) is 27.8 Å². The number of hydrogen-bond acceptors (Lipinski definition) is 6. The van der Waals surface area contributed by atoms with Crippen LogP contribution in [0.5, 0.6) is 0 Å². The van der Waals surface area contributed by atoms with Gasteiger partial charge in [-0.15, -0.1) is 0 Å². The lowest BCUT2D eigenvalue weighted by Crippen LogP contribution is -2.37. The standard InChI is InChI=1S/C26H17FN4O5/c27-20-8-5-13(10-21-15-3-1-2-4-16(15)22(32)29-28-21)9-17(20)24(34)31-25(35)18-11-30(12-19(18)26(31)36)23(33)14-6-7-14/h1-5,8-9,11-12,14H,6-7,10H2,(H,29,32). The van der Waals surface area contributed by atoms with Crippen LogP contribution < -0.4 is 5.56 Å². The van der Waals surface area contributed by atoms with E-state index in [2.05, 4.69) is 10.2 Å². The highest BCUT2D eigenvalue weighted by Crippen LogP contribution is 2.33. The molecule has 0 spiro atoms. The first-order valence-electron chi connectivity index (χ1n) is 11.3. The molecular weight excluding hydrogens is 467 g/mol. The maximum atomic E-state index is 14.7. The highest BCUT2D eigenvalue weighted by molar-refractivity contribution is 6.31. The number of carbonyl (C=O) groups excluding carboxylic acids is 4. The molecule has 1 saturated carbocycles. The van der Waals surface area contributed by atoms with Crippen molar-refractivity contribution in [2.75, 3.05) is 0 Å². The largest absolute Gasteiger partial charge is 0.293 e. The third kappa shape index (κ3) is 3.37. The third-order valence-electron chi connectivity index (χ3n) is 6.49. The number of hydrogen-bond donors (Lipinski definition) is 1. The summed E-state index contributed by atoms with van der Waals surface area (Å²) in [4.78, 5) is 63.7. The Balaban J connectivity index is 1.30. The summed E-state index contributed by atoms with van der Waals surface area (Å²) in [7, 11) is 0. The number of H-pyrrole nitrogens is 1. The van der Waals surface area contributed by atoms with Gasteiger partial charge >= 0.3 is 0 Å². The lowest BCUT2D eigenvalue weighted by atomic mass is 10.0. The van der Waals surface area contributed by atoms with Crippen molar-refractivity contribution in [3.8, 4) is 0 Å². The fourth-order valence-electron chi connectivity index (χ4n) is 4.45. The van der Waals surface area contributed by atoms with Crippen LogP contribution in [0.1, 0.15) is 60.0 Å². The smallest absolute Gasteiger partial charge is 0.272 e. The van der Waals surface area contributed by atoms with Crippen LogP contribution >= 0.6 is 0 Å². The molecule has 178 valence electrons. The molecular formula is C26H17FN4O5. The molecule has 6 rings (SSSR count). The van der Waals surface area contributed by atoms with Crippen molar-refractivity contribution in [2.24, 2.45) is 5.92 Å². The number of imide groups is 3. The van der Waals surface area contributed by atoms with Crippen LogP contribution in [0.15, 0.2) is 59.7 Å². The van der Waals surface area contributed by atoms with E-state index in [1.807, 2.05) is 0 Å². The van der Waals surface area contributed by atoms with E-state index >= 15 is 0 Å². The topological polar surface area (TPSA) is 122 Å². The maximum absolute atomic E-state index is 14.7. The van der Waals surface area contributed by atoms with E-state index in [9.17, 15) is 28.4 Å². The number of nitrogens with one attached hydrogen (secondary N) is 1. The second-order valence-corrected chi connectivity index (χ2v) is 8.89. The van der Waals surface area contributed by atoms with Gasteiger partial charge in [-0.2, -0.15) is 5.10 Å². The third-order valence-corrected chi connectivity index (χ3v) is 6.49. The molecule has 9 nitrogen and oxygen atoms in total. The van der Waals surface area contributed by atoms with Gasteiger partial charge in [0.25, 0.3) is 23.3 Å². The summed E-state index contributed by atoms with van der Waals surface area (Å²) in [6, 6.07) is 10.7. The van der Waals surface area contributed by atoms with Crippen LogP contribution in [-0.4, -0.2) is 43.3 Å². The summed E-state index contributed by atoms with van der Waals surface area (Å²) in [6.07, 6.45) is 4.18. The van der Waals surface area contributed by atoms with Crippen molar-refractivity contribution >= 4 is 34.4 Å². The summed E-state index contributed by atoms with van der Waals surface area (Å²) >= 11 is 0. The number of benzene rings is 2. The number of carbonyl (C=O) groups is 4. The summed E-state index contributed by atoms with van der Waals surface area (Å²) in [5, 5.41) is 7.58. The van der Waals surface area contributed by atoms with Crippen molar-refractivity contribution in [1.82, 2.24) is 19.7 Å². The lowest BCUT2D eigenvalue weighted by Gasteiger charge is -2.14. The van der Waals surface area contributed by atoms with E-state index in [1.165, 1.54) is 29.1 Å². The Morgan fingerprint density at radius 3 is 2.31 bits per heavy atom. The minimum atomic E-state index is -1.10. The number of aromatic amines is 1. The van der Waals surface area contributed by atoms with Gasteiger partial charge in [-0.25, -0.2) is 14.4 Å². The second kappa shape index (κ2) is 7.91. The molecule has 4 aromatic rings. The first-order chi connectivity index (χ1) is 17.3. The van der Waals surface area contributed by atoms with Crippen LogP contribution in [0.3, 0.4) is 0 Å². The van der Waals surface area contributed by atoms with Crippen molar-refractivity contribution in [1.29, 1.82) is 0 Å². The second-order valence-electron chi connectivity index (χ2n) is 8.89. The molecule has 3 heterocycles. The van der Waals surface area contributed by atoms with E-state index < -0.39 is 29.1 Å². The quantitative estimate of drug-likeness (QED) is 0.445. The normalized spacial score (nSPS) is 15.0. The fourth-order valence-corrected chi connectivity index (χ4v) is 4.45. The SMILES string of the molecule is O=C(c1cc(Cc2n[nH]c(=O)c3ccccc23)ccc1F)N1C(=O)c2cn(C(=O)C3CC3)cc2C1=O. The number of rotatable bonds is 4. The van der Waals surface area contributed by atoms with E-state index in [4.69, 9.17) is 0 Å². The molecule has 2 aliphatic rings. The van der Waals surface area contributed by atoms with Crippen molar-refractivity contribution in [2.45, 2.75) is 19.3 Å². The summed E-state index contributed by atoms with van der Waals surface area (Å²) in [5.41, 5.74) is 0.0692. The Hall–Kier alpha value is -4.73. The zero-order valence-electron chi connectivity index (χ0n) is 18.7. The number of nitrogens with zero attached hydrogens (tertiary/aromatic N) is 3. The first kappa shape index (κ1) is 21.8. The molecule has 1 fully saturated rings. The van der Waals surface area contributed by atoms with Gasteiger partial charge in [-0.1, -0.05) is 24.3 Å². The minimum absolute atomic E-state index is 0.0668. The fraction of sp³-hybridized carbons (Fsp3) is 0.154. The molecule has 3 amide bonds. The predicted octanol–water partition coefficient (Wildman–Crippen LogP) is 2.94. The molecule has 1 aliphatic carbocycles. The summed E-state index contributed by atoms with van der Waals surface area (Å²) in [6.45, 7) is 0. The van der Waals surface area contributed by atoms with Crippen LogP contribution in [-0.2, 0) is 6.42 Å². The minimum Gasteiger partial charge on any atom is -0.293 e. The maximum Gasteiger partial charge on any atom is 0.272 e. The van der Waals surface area contributed by atoms with Crippen LogP contribution in [0.25, 0.3) is 10.8 Å². The molecule has 2 aromatic heterocycles. The molecule has 0 bridgehead atoms. The van der Waals surface area contributed by atoms with Crippen LogP contribution in [0.2, 0.25) is 0 Å². The zero-order valence-corrected chi connectivity index (χ0v) is 18.7. The highest BCUT2D eigenvalue weighted by atomic mass is 19.1. The molecule has 0 atom stereocenters. The van der Waals surface area contributed by atoms with Crippen LogP contribution in [0.4, 0.5) is 4.39 Å². The van der Waals surface area contributed by atoms with E-state index in [1.54, 1.807) is 24.3 Å². The predicted molar refractivity (Wildman–Crippen MR) is 124 cm³/mol. The average Bonchev–Trinajstić information content (AvgIpc) is 3.59. The van der Waals surface area contributed by atoms with Gasteiger partial charge < -0.3 is 0 Å². The first-order valence-corrected chi connectivity index (χ1v) is 11.3. The number of halogens is 1. The van der Waals surface area contributed by atoms with E-state index in [0.29, 0.717) is 26.9 Å². The molecule has 1 aliphatic heterocycles. The van der Waals surface area contributed by atoms with Gasteiger partial charge in [0.2, 0.25) is 5.91 Å². The molecule has 2 aromatic carbocycles. The number of aromatic nitrogens is 3. The molecule has 0 radical (unpaired) electrons. The summed E-state index contributed by atoms with van der Waals surface area (Å²) in [5.74, 6) is -4.12. The average molecular weight is 484 g/mol. The van der Waals surface area contributed by atoms with E-state index in [0.717, 1.165) is 18.9 Å². The molecule has 1 N–H and O–H groups in total. The van der Waals surface area contributed by atoms with Crippen molar-refractivity contribution in [3.63, 3.8) is 0 Å².